The van der Waals surface area contributed by atoms with Gasteiger partial charge in [0.15, 0.2) is 0 Å². The van der Waals surface area contributed by atoms with Crippen molar-refractivity contribution in [3.8, 4) is 0 Å². The zero-order chi connectivity index (χ0) is 25.2. The van der Waals surface area contributed by atoms with Crippen molar-refractivity contribution in [3.63, 3.8) is 0 Å². The molecule has 7 nitrogen and oxygen atoms in total. The van der Waals surface area contributed by atoms with Crippen LogP contribution in [0.2, 0.25) is 0 Å². The maximum absolute atomic E-state index is 13.0. The van der Waals surface area contributed by atoms with E-state index in [0.717, 1.165) is 5.57 Å². The lowest BCUT2D eigenvalue weighted by Gasteiger charge is -2.18. The maximum atomic E-state index is 13.0. The Balaban J connectivity index is 1.27. The van der Waals surface area contributed by atoms with Gasteiger partial charge in [0.1, 0.15) is 0 Å². The summed E-state index contributed by atoms with van der Waals surface area (Å²) in [6.45, 7) is 1.98. The lowest BCUT2D eigenvalue weighted by atomic mass is 9.82. The van der Waals surface area contributed by atoms with Crippen molar-refractivity contribution in [2.45, 2.75) is 19.8 Å². The van der Waals surface area contributed by atoms with Gasteiger partial charge >= 0.3 is 0 Å². The van der Waals surface area contributed by atoms with Crippen LogP contribution < -0.4 is 15.5 Å². The van der Waals surface area contributed by atoms with Crippen LogP contribution in [0.5, 0.6) is 0 Å². The van der Waals surface area contributed by atoms with Crippen LogP contribution in [0, 0.1) is 11.8 Å². The summed E-state index contributed by atoms with van der Waals surface area (Å²) in [5.41, 5.74) is 3.51. The number of allylic oxidation sites excluding steroid dienone is 2. The largest absolute Gasteiger partial charge is 0.322 e. The van der Waals surface area contributed by atoms with E-state index in [4.69, 9.17) is 0 Å². The second-order valence-corrected chi connectivity index (χ2v) is 9.12. The lowest BCUT2D eigenvalue weighted by Crippen LogP contribution is -2.31. The summed E-state index contributed by atoms with van der Waals surface area (Å²) >= 11 is 0. The SMILES string of the molecule is CC1=CC[C@@H]2C(=O)N(c3cccc(C(=O)Nc4ccc(C(=O)Nc5ccccc5)cc4)c3)C(=O)[C@H]2C1. The second-order valence-electron chi connectivity index (χ2n) is 9.12. The monoisotopic (exact) mass is 479 g/mol. The molecule has 2 aliphatic rings. The highest BCUT2D eigenvalue weighted by atomic mass is 16.2. The third kappa shape index (κ3) is 4.55. The number of carbonyl (C=O) groups excluding carboxylic acids is 4. The molecule has 1 aliphatic heterocycles. The van der Waals surface area contributed by atoms with Crippen LogP contribution >= 0.6 is 0 Å². The Labute approximate surface area is 208 Å². The number of para-hydroxylation sites is 1. The molecule has 0 bridgehead atoms. The maximum Gasteiger partial charge on any atom is 0.255 e. The highest BCUT2D eigenvalue weighted by Crippen LogP contribution is 2.39. The molecule has 0 spiro atoms. The molecule has 7 heteroatoms. The number of rotatable bonds is 5. The number of nitrogens with one attached hydrogen (secondary N) is 2. The molecule has 3 aromatic carbocycles. The standard InChI is InChI=1S/C29H25N3O4/c1-18-10-15-24-25(16-18)29(36)32(28(24)35)23-9-5-6-20(17-23)27(34)31-22-13-11-19(12-14-22)26(33)30-21-7-3-2-4-8-21/h2-14,17,24-25H,15-16H2,1H3,(H,30,33)(H,31,34)/t24-,25-/m0/s1. The number of nitrogens with zero attached hydrogens (tertiary/aromatic N) is 1. The summed E-state index contributed by atoms with van der Waals surface area (Å²) in [6, 6.07) is 22.2. The van der Waals surface area contributed by atoms with E-state index in [0.29, 0.717) is 41.0 Å². The van der Waals surface area contributed by atoms with Crippen molar-refractivity contribution in [1.29, 1.82) is 0 Å². The molecule has 1 aliphatic carbocycles. The molecule has 0 aromatic heterocycles. The van der Waals surface area contributed by atoms with Gasteiger partial charge in [-0.2, -0.15) is 0 Å². The highest BCUT2D eigenvalue weighted by molar-refractivity contribution is 6.22. The van der Waals surface area contributed by atoms with Crippen molar-refractivity contribution >= 4 is 40.7 Å². The van der Waals surface area contributed by atoms with E-state index in [9.17, 15) is 19.2 Å². The number of fused-ring (bicyclic) bond motifs is 1. The fourth-order valence-corrected chi connectivity index (χ4v) is 4.71. The van der Waals surface area contributed by atoms with Gasteiger partial charge in [0, 0.05) is 22.5 Å². The smallest absolute Gasteiger partial charge is 0.255 e. The van der Waals surface area contributed by atoms with Crippen molar-refractivity contribution in [2.24, 2.45) is 11.8 Å². The van der Waals surface area contributed by atoms with Gasteiger partial charge in [0.25, 0.3) is 11.8 Å². The van der Waals surface area contributed by atoms with Gasteiger partial charge in [-0.3, -0.25) is 24.1 Å². The third-order valence-corrected chi connectivity index (χ3v) is 6.63. The van der Waals surface area contributed by atoms with Crippen LogP contribution in [0.3, 0.4) is 0 Å². The first-order valence-corrected chi connectivity index (χ1v) is 11.8. The number of benzene rings is 3. The Hall–Kier alpha value is -4.52. The molecule has 2 N–H and O–H groups in total. The van der Waals surface area contributed by atoms with E-state index in [2.05, 4.69) is 10.6 Å². The lowest BCUT2D eigenvalue weighted by molar-refractivity contribution is -0.122. The van der Waals surface area contributed by atoms with Crippen LogP contribution in [-0.2, 0) is 9.59 Å². The zero-order valence-electron chi connectivity index (χ0n) is 19.7. The number of hydrogen-bond donors (Lipinski definition) is 2. The molecule has 180 valence electrons. The molecule has 0 radical (unpaired) electrons. The summed E-state index contributed by atoms with van der Waals surface area (Å²) in [6.07, 6.45) is 3.18. The first kappa shape index (κ1) is 23.2. The number of carbonyl (C=O) groups is 4. The molecular formula is C29H25N3O4. The Morgan fingerprint density at radius 2 is 1.39 bits per heavy atom. The third-order valence-electron chi connectivity index (χ3n) is 6.63. The van der Waals surface area contributed by atoms with Gasteiger partial charge in [0.2, 0.25) is 11.8 Å². The molecule has 3 aromatic rings. The summed E-state index contributed by atoms with van der Waals surface area (Å²) in [7, 11) is 0. The topological polar surface area (TPSA) is 95.6 Å². The van der Waals surface area contributed by atoms with Gasteiger partial charge < -0.3 is 10.6 Å². The quantitative estimate of drug-likeness (QED) is 0.396. The predicted molar refractivity (Wildman–Crippen MR) is 138 cm³/mol. The molecule has 4 amide bonds. The molecule has 1 saturated heterocycles. The Morgan fingerprint density at radius 1 is 0.750 bits per heavy atom. The fraction of sp³-hybridized carbons (Fsp3) is 0.172. The van der Waals surface area contributed by atoms with Crippen molar-refractivity contribution in [3.05, 3.63) is 102 Å². The normalized spacial score (nSPS) is 18.9. The molecule has 36 heavy (non-hydrogen) atoms. The molecule has 0 unspecified atom stereocenters. The van der Waals surface area contributed by atoms with E-state index in [1.165, 1.54) is 4.90 Å². The fourth-order valence-electron chi connectivity index (χ4n) is 4.71. The van der Waals surface area contributed by atoms with Crippen molar-refractivity contribution < 1.29 is 19.2 Å². The summed E-state index contributed by atoms with van der Waals surface area (Å²) in [5, 5.41) is 5.62. The second kappa shape index (κ2) is 9.62. The van der Waals surface area contributed by atoms with Gasteiger partial charge in [-0.25, -0.2) is 0 Å². The van der Waals surface area contributed by atoms with E-state index in [-0.39, 0.29) is 35.5 Å². The van der Waals surface area contributed by atoms with Crippen molar-refractivity contribution in [2.75, 3.05) is 15.5 Å². The van der Waals surface area contributed by atoms with E-state index < -0.39 is 0 Å². The van der Waals surface area contributed by atoms with Gasteiger partial charge in [-0.05, 0) is 74.4 Å². The van der Waals surface area contributed by atoms with Crippen molar-refractivity contribution in [1.82, 2.24) is 0 Å². The molecule has 1 heterocycles. The van der Waals surface area contributed by atoms with Crippen LogP contribution in [-0.4, -0.2) is 23.6 Å². The Morgan fingerprint density at radius 3 is 2.11 bits per heavy atom. The van der Waals surface area contributed by atoms with Gasteiger partial charge in [-0.1, -0.05) is 35.9 Å². The molecular weight excluding hydrogens is 454 g/mol. The van der Waals surface area contributed by atoms with Gasteiger partial charge in [-0.15, -0.1) is 0 Å². The van der Waals surface area contributed by atoms with Crippen LogP contribution in [0.15, 0.2) is 90.5 Å². The van der Waals surface area contributed by atoms with Crippen LogP contribution in [0.4, 0.5) is 17.1 Å². The minimum atomic E-state index is -0.382. The first-order chi connectivity index (χ1) is 17.4. The number of hydrogen-bond acceptors (Lipinski definition) is 4. The summed E-state index contributed by atoms with van der Waals surface area (Å²) in [4.78, 5) is 52.6. The Kier molecular flexibility index (Phi) is 6.21. The molecule has 1 fully saturated rings. The van der Waals surface area contributed by atoms with E-state index >= 15 is 0 Å². The van der Waals surface area contributed by atoms with E-state index in [1.807, 2.05) is 31.2 Å². The minimum absolute atomic E-state index is 0.209. The molecule has 0 saturated carbocycles. The average Bonchev–Trinajstić information content (AvgIpc) is 3.14. The number of anilines is 3. The van der Waals surface area contributed by atoms with Gasteiger partial charge in [0.05, 0.1) is 17.5 Å². The highest BCUT2D eigenvalue weighted by Gasteiger charge is 2.48. The minimum Gasteiger partial charge on any atom is -0.322 e. The average molecular weight is 480 g/mol. The number of amides is 4. The van der Waals surface area contributed by atoms with E-state index in [1.54, 1.807) is 60.7 Å². The molecule has 2 atom stereocenters. The predicted octanol–water partition coefficient (Wildman–Crippen LogP) is 5.04. The van der Waals surface area contributed by atoms with Crippen LogP contribution in [0.1, 0.15) is 40.5 Å². The Bertz CT molecular complexity index is 1380. The molecule has 5 rings (SSSR count). The zero-order valence-corrected chi connectivity index (χ0v) is 19.7. The summed E-state index contributed by atoms with van der Waals surface area (Å²) in [5.74, 6) is -1.73. The van der Waals surface area contributed by atoms with Crippen LogP contribution in [0.25, 0.3) is 0 Å². The summed E-state index contributed by atoms with van der Waals surface area (Å²) < 4.78 is 0. The number of imide groups is 1. The first-order valence-electron chi connectivity index (χ1n) is 11.8.